The van der Waals surface area contributed by atoms with Gasteiger partial charge in [0.05, 0.1) is 6.61 Å². The summed E-state index contributed by atoms with van der Waals surface area (Å²) < 4.78 is 6.53. The lowest BCUT2D eigenvalue weighted by Gasteiger charge is -2.19. The Morgan fingerprint density at radius 1 is 1.45 bits per heavy atom. The van der Waals surface area contributed by atoms with Crippen molar-refractivity contribution in [3.8, 4) is 5.75 Å². The maximum Gasteiger partial charge on any atom is 0.220 e. The predicted octanol–water partition coefficient (Wildman–Crippen LogP) is 2.74. The first-order valence-electron chi connectivity index (χ1n) is 6.81. The fourth-order valence-corrected chi connectivity index (χ4v) is 1.98. The van der Waals surface area contributed by atoms with E-state index >= 15 is 0 Å². The van der Waals surface area contributed by atoms with E-state index in [4.69, 9.17) is 9.84 Å². The van der Waals surface area contributed by atoms with Gasteiger partial charge >= 0.3 is 0 Å². The maximum absolute atomic E-state index is 11.7. The highest BCUT2D eigenvalue weighted by molar-refractivity contribution is 9.10. The monoisotopic (exact) mass is 343 g/mol. The number of benzene rings is 1. The molecule has 0 aromatic heterocycles. The summed E-state index contributed by atoms with van der Waals surface area (Å²) in [6.45, 7) is 4.39. The molecule has 0 saturated carbocycles. The molecule has 1 amide bonds. The van der Waals surface area contributed by atoms with Gasteiger partial charge in [0.25, 0.3) is 0 Å². The van der Waals surface area contributed by atoms with Crippen molar-refractivity contribution in [3.05, 3.63) is 28.7 Å². The zero-order chi connectivity index (χ0) is 15.0. The number of hydrogen-bond donors (Lipinski definition) is 2. The topological polar surface area (TPSA) is 58.6 Å². The van der Waals surface area contributed by atoms with Gasteiger partial charge in [-0.3, -0.25) is 4.79 Å². The Balaban J connectivity index is 2.19. The number of rotatable bonds is 8. The van der Waals surface area contributed by atoms with Crippen molar-refractivity contribution in [2.45, 2.75) is 32.7 Å². The van der Waals surface area contributed by atoms with Gasteiger partial charge in [-0.15, -0.1) is 0 Å². The highest BCUT2D eigenvalue weighted by Gasteiger charge is 2.13. The van der Waals surface area contributed by atoms with Crippen molar-refractivity contribution in [2.24, 2.45) is 5.92 Å². The summed E-state index contributed by atoms with van der Waals surface area (Å²) in [6, 6.07) is 7.60. The summed E-state index contributed by atoms with van der Waals surface area (Å²) in [5.41, 5.74) is 0. The highest BCUT2D eigenvalue weighted by Crippen LogP contribution is 2.17. The minimum Gasteiger partial charge on any atom is -0.494 e. The molecule has 0 spiro atoms. The Labute approximate surface area is 128 Å². The van der Waals surface area contributed by atoms with Crippen LogP contribution in [-0.4, -0.2) is 30.3 Å². The molecule has 5 heteroatoms. The number of nitrogens with one attached hydrogen (secondary N) is 1. The lowest BCUT2D eigenvalue weighted by molar-refractivity contribution is -0.122. The number of carbonyl (C=O) groups excluding carboxylic acids is 1. The minimum atomic E-state index is -0.0153. The zero-order valence-corrected chi connectivity index (χ0v) is 13.5. The molecule has 20 heavy (non-hydrogen) atoms. The van der Waals surface area contributed by atoms with Gasteiger partial charge in [0, 0.05) is 23.5 Å². The fraction of sp³-hybridized carbons (Fsp3) is 0.533. The molecule has 0 aliphatic carbocycles. The Morgan fingerprint density at radius 2 is 2.20 bits per heavy atom. The van der Waals surface area contributed by atoms with E-state index in [-0.39, 0.29) is 24.5 Å². The van der Waals surface area contributed by atoms with E-state index in [1.807, 2.05) is 38.1 Å². The molecule has 1 aromatic carbocycles. The van der Waals surface area contributed by atoms with Crippen LogP contribution < -0.4 is 10.1 Å². The van der Waals surface area contributed by atoms with Gasteiger partial charge < -0.3 is 15.2 Å². The summed E-state index contributed by atoms with van der Waals surface area (Å²) in [5.74, 6) is 0.856. The Hall–Kier alpha value is -1.07. The second kappa shape index (κ2) is 8.97. The lowest BCUT2D eigenvalue weighted by Crippen LogP contribution is -2.38. The van der Waals surface area contributed by atoms with Crippen LogP contribution in [0.5, 0.6) is 5.75 Å². The van der Waals surface area contributed by atoms with Gasteiger partial charge in [0.2, 0.25) is 5.91 Å². The van der Waals surface area contributed by atoms with Crippen LogP contribution in [0.3, 0.4) is 0 Å². The van der Waals surface area contributed by atoms with Gasteiger partial charge in [-0.1, -0.05) is 28.9 Å². The first kappa shape index (κ1) is 17.0. The summed E-state index contributed by atoms with van der Waals surface area (Å²) in [5, 5.41) is 11.9. The molecule has 4 nitrogen and oxygen atoms in total. The number of ether oxygens (including phenoxy) is 1. The molecule has 1 rings (SSSR count). The Bertz CT molecular complexity index is 425. The SMILES string of the molecule is CC(CO)C(C)NC(=O)CCCOc1cccc(Br)c1. The van der Waals surface area contributed by atoms with E-state index in [9.17, 15) is 4.79 Å². The van der Waals surface area contributed by atoms with Gasteiger partial charge in [0.15, 0.2) is 0 Å². The van der Waals surface area contributed by atoms with Crippen LogP contribution in [0.1, 0.15) is 26.7 Å². The second-order valence-electron chi connectivity index (χ2n) is 4.93. The lowest BCUT2D eigenvalue weighted by atomic mass is 10.1. The number of aliphatic hydroxyl groups is 1. The van der Waals surface area contributed by atoms with Crippen LogP contribution in [0, 0.1) is 5.92 Å². The Morgan fingerprint density at radius 3 is 2.85 bits per heavy atom. The first-order chi connectivity index (χ1) is 9.52. The molecule has 2 atom stereocenters. The van der Waals surface area contributed by atoms with Crippen LogP contribution in [-0.2, 0) is 4.79 Å². The van der Waals surface area contributed by atoms with Gasteiger partial charge in [-0.25, -0.2) is 0 Å². The number of hydrogen-bond acceptors (Lipinski definition) is 3. The van der Waals surface area contributed by atoms with Crippen molar-refractivity contribution < 1.29 is 14.6 Å². The quantitative estimate of drug-likeness (QED) is 0.713. The summed E-state index contributed by atoms with van der Waals surface area (Å²) in [4.78, 5) is 11.7. The molecule has 0 aliphatic heterocycles. The maximum atomic E-state index is 11.7. The van der Waals surface area contributed by atoms with E-state index in [1.54, 1.807) is 0 Å². The van der Waals surface area contributed by atoms with Crippen LogP contribution in [0.2, 0.25) is 0 Å². The third kappa shape index (κ3) is 6.39. The zero-order valence-electron chi connectivity index (χ0n) is 11.9. The van der Waals surface area contributed by atoms with Crippen LogP contribution in [0.25, 0.3) is 0 Å². The summed E-state index contributed by atoms with van der Waals surface area (Å²) >= 11 is 3.38. The van der Waals surface area contributed by atoms with E-state index in [0.717, 1.165) is 10.2 Å². The van der Waals surface area contributed by atoms with Crippen LogP contribution >= 0.6 is 15.9 Å². The molecule has 0 aliphatic rings. The largest absolute Gasteiger partial charge is 0.494 e. The van der Waals surface area contributed by atoms with Gasteiger partial charge in [0.1, 0.15) is 5.75 Å². The van der Waals surface area contributed by atoms with E-state index < -0.39 is 0 Å². The van der Waals surface area contributed by atoms with Crippen molar-refractivity contribution in [1.82, 2.24) is 5.32 Å². The standard InChI is InChI=1S/C15H22BrNO3/c1-11(10-18)12(2)17-15(19)7-4-8-20-14-6-3-5-13(16)9-14/h3,5-6,9,11-12,18H,4,7-8,10H2,1-2H3,(H,17,19). The minimum absolute atomic E-state index is 0.00403. The molecule has 2 unspecified atom stereocenters. The van der Waals surface area contributed by atoms with Crippen molar-refractivity contribution in [2.75, 3.05) is 13.2 Å². The molecule has 1 aromatic rings. The molecule has 2 N–H and O–H groups in total. The van der Waals surface area contributed by atoms with Crippen molar-refractivity contribution in [1.29, 1.82) is 0 Å². The third-order valence-electron chi connectivity index (χ3n) is 3.14. The summed E-state index contributed by atoms with van der Waals surface area (Å²) in [7, 11) is 0. The molecule has 0 bridgehead atoms. The van der Waals surface area contributed by atoms with E-state index in [0.29, 0.717) is 19.4 Å². The molecule has 0 heterocycles. The second-order valence-corrected chi connectivity index (χ2v) is 5.84. The smallest absolute Gasteiger partial charge is 0.220 e. The van der Waals surface area contributed by atoms with Gasteiger partial charge in [-0.2, -0.15) is 0 Å². The number of aliphatic hydroxyl groups excluding tert-OH is 1. The highest BCUT2D eigenvalue weighted by atomic mass is 79.9. The number of amides is 1. The van der Waals surface area contributed by atoms with E-state index in [1.165, 1.54) is 0 Å². The molecular weight excluding hydrogens is 322 g/mol. The first-order valence-corrected chi connectivity index (χ1v) is 7.61. The average Bonchev–Trinajstić information content (AvgIpc) is 2.42. The Kier molecular flexibility index (Phi) is 7.62. The average molecular weight is 344 g/mol. The van der Waals surface area contributed by atoms with Crippen molar-refractivity contribution >= 4 is 21.8 Å². The molecule has 112 valence electrons. The molecule has 0 radical (unpaired) electrons. The van der Waals surface area contributed by atoms with Crippen LogP contribution in [0.15, 0.2) is 28.7 Å². The summed E-state index contributed by atoms with van der Waals surface area (Å²) in [6.07, 6.45) is 1.09. The molecular formula is C15H22BrNO3. The fourth-order valence-electron chi connectivity index (χ4n) is 1.61. The van der Waals surface area contributed by atoms with E-state index in [2.05, 4.69) is 21.2 Å². The molecule has 0 saturated heterocycles. The van der Waals surface area contributed by atoms with Crippen molar-refractivity contribution in [3.63, 3.8) is 0 Å². The third-order valence-corrected chi connectivity index (χ3v) is 3.64. The predicted molar refractivity (Wildman–Crippen MR) is 82.7 cm³/mol. The normalized spacial score (nSPS) is 13.6. The number of carbonyl (C=O) groups is 1. The number of halogens is 1. The van der Waals surface area contributed by atoms with Gasteiger partial charge in [-0.05, 0) is 37.5 Å². The molecule has 0 fully saturated rings. The van der Waals surface area contributed by atoms with Crippen LogP contribution in [0.4, 0.5) is 0 Å².